The first kappa shape index (κ1) is 24.3. The molecule has 0 aliphatic carbocycles. The van der Waals surface area contributed by atoms with Crippen LogP contribution in [0.2, 0.25) is 0 Å². The summed E-state index contributed by atoms with van der Waals surface area (Å²) in [5, 5.41) is 0. The van der Waals surface area contributed by atoms with Crippen molar-refractivity contribution >= 4 is 23.3 Å². The zero-order chi connectivity index (χ0) is 23.0. The molecule has 0 spiro atoms. The Hall–Kier alpha value is -3.02. The van der Waals surface area contributed by atoms with Crippen molar-refractivity contribution in [1.82, 2.24) is 0 Å². The van der Waals surface area contributed by atoms with Crippen molar-refractivity contribution in [3.8, 4) is 0 Å². The van der Waals surface area contributed by atoms with E-state index in [1.807, 2.05) is 39.8 Å². The van der Waals surface area contributed by atoms with Crippen molar-refractivity contribution in [3.05, 3.63) is 58.7 Å². The first-order valence-corrected chi connectivity index (χ1v) is 10.9. The number of nitrogens with two attached hydrogens (primary N) is 2. The van der Waals surface area contributed by atoms with E-state index in [-0.39, 0.29) is 12.2 Å². The summed E-state index contributed by atoms with van der Waals surface area (Å²) in [6, 6.07) is 10.6. The van der Waals surface area contributed by atoms with Crippen LogP contribution in [0.1, 0.15) is 85.2 Å². The van der Waals surface area contributed by atoms with Gasteiger partial charge in [0.05, 0.1) is 23.3 Å². The Bertz CT molecular complexity index is 837. The number of hydrogen-bond acceptors (Lipinski definition) is 6. The molecular formula is C25H34N2O4. The summed E-state index contributed by atoms with van der Waals surface area (Å²) in [7, 11) is 0. The Labute approximate surface area is 184 Å². The highest BCUT2D eigenvalue weighted by atomic mass is 16.5. The molecule has 2 aromatic rings. The maximum absolute atomic E-state index is 12.5. The summed E-state index contributed by atoms with van der Waals surface area (Å²) < 4.78 is 11.0. The summed E-state index contributed by atoms with van der Waals surface area (Å²) in [6.07, 6.45) is 3.64. The number of esters is 2. The van der Waals surface area contributed by atoms with E-state index in [1.165, 1.54) is 0 Å². The number of carbonyl (C=O) groups is 2. The van der Waals surface area contributed by atoms with Crippen molar-refractivity contribution in [2.45, 2.75) is 72.0 Å². The fraction of sp³-hybridized carbons (Fsp3) is 0.440. The van der Waals surface area contributed by atoms with Crippen molar-refractivity contribution in [2.24, 2.45) is 0 Å². The molecule has 0 heterocycles. The minimum atomic E-state index is -0.424. The minimum absolute atomic E-state index is 0.165. The molecule has 0 aliphatic rings. The van der Waals surface area contributed by atoms with Crippen molar-refractivity contribution in [3.63, 3.8) is 0 Å². The van der Waals surface area contributed by atoms with Gasteiger partial charge in [-0.1, -0.05) is 38.8 Å². The number of anilines is 2. The van der Waals surface area contributed by atoms with E-state index in [2.05, 4.69) is 0 Å². The molecule has 2 aromatic carbocycles. The predicted molar refractivity (Wildman–Crippen MR) is 124 cm³/mol. The normalized spacial score (nSPS) is 12.8. The second-order valence-corrected chi connectivity index (χ2v) is 8.03. The van der Waals surface area contributed by atoms with Crippen molar-refractivity contribution < 1.29 is 19.1 Å². The molecule has 0 fully saturated rings. The van der Waals surface area contributed by atoms with Crippen LogP contribution in [0.25, 0.3) is 0 Å². The minimum Gasteiger partial charge on any atom is -0.459 e. The molecule has 168 valence electrons. The van der Waals surface area contributed by atoms with Gasteiger partial charge in [-0.25, -0.2) is 9.59 Å². The maximum atomic E-state index is 12.5. The molecule has 0 amide bonds. The number of benzene rings is 2. The number of nitrogen functional groups attached to an aromatic ring is 2. The molecule has 0 aromatic heterocycles. The zero-order valence-corrected chi connectivity index (χ0v) is 18.9. The summed E-state index contributed by atoms with van der Waals surface area (Å²) in [5.74, 6) is -0.849. The van der Waals surface area contributed by atoms with Gasteiger partial charge < -0.3 is 20.9 Å². The molecule has 0 saturated heterocycles. The molecule has 4 N–H and O–H groups in total. The van der Waals surface area contributed by atoms with Gasteiger partial charge in [0.25, 0.3) is 0 Å². The largest absolute Gasteiger partial charge is 0.459 e. The molecule has 2 atom stereocenters. The number of carbonyl (C=O) groups excluding carboxylic acids is 2. The third-order valence-electron chi connectivity index (χ3n) is 5.09. The molecule has 0 saturated carbocycles. The lowest BCUT2D eigenvalue weighted by molar-refractivity contribution is 0.0314. The molecular weight excluding hydrogens is 392 g/mol. The zero-order valence-electron chi connectivity index (χ0n) is 18.9. The van der Waals surface area contributed by atoms with Gasteiger partial charge in [-0.05, 0) is 68.5 Å². The van der Waals surface area contributed by atoms with Gasteiger partial charge >= 0.3 is 11.9 Å². The number of hydrogen-bond donors (Lipinski definition) is 2. The van der Waals surface area contributed by atoms with E-state index in [0.29, 0.717) is 28.9 Å². The Balaban J connectivity index is 2.19. The average molecular weight is 427 g/mol. The molecule has 0 bridgehead atoms. The fourth-order valence-corrected chi connectivity index (χ4v) is 3.44. The summed E-state index contributed by atoms with van der Waals surface area (Å²) in [5.41, 5.74) is 15.2. The molecule has 6 heteroatoms. The van der Waals surface area contributed by atoms with E-state index < -0.39 is 11.9 Å². The van der Waals surface area contributed by atoms with Crippen LogP contribution in [0.4, 0.5) is 11.4 Å². The first-order chi connectivity index (χ1) is 14.7. The lowest BCUT2D eigenvalue weighted by Crippen LogP contribution is -2.16. The monoisotopic (exact) mass is 426 g/mol. The van der Waals surface area contributed by atoms with Crippen LogP contribution in [0, 0.1) is 0 Å². The Morgan fingerprint density at radius 2 is 1.16 bits per heavy atom. The molecule has 0 radical (unpaired) electrons. The second-order valence-electron chi connectivity index (χ2n) is 8.03. The van der Waals surface area contributed by atoms with Crippen LogP contribution in [0.3, 0.4) is 0 Å². The molecule has 6 nitrogen and oxygen atoms in total. The standard InChI is InChI=1S/C25H34N2O4/c1-5-7-16(3)30-24(28)20-14-18(9-11-22(20)26)13-19-10-12-23(27)21(15-19)25(29)31-17(4)8-6-2/h9-12,14-17H,5-8,13,26-27H2,1-4H3. The smallest absolute Gasteiger partial charge is 0.340 e. The van der Waals surface area contributed by atoms with Gasteiger partial charge in [0.15, 0.2) is 0 Å². The molecule has 2 rings (SSSR count). The van der Waals surface area contributed by atoms with Gasteiger partial charge in [-0.15, -0.1) is 0 Å². The second kappa shape index (κ2) is 11.4. The summed E-state index contributed by atoms with van der Waals surface area (Å²) in [6.45, 7) is 7.83. The van der Waals surface area contributed by atoms with E-state index in [0.717, 1.165) is 36.8 Å². The lowest BCUT2D eigenvalue weighted by Gasteiger charge is -2.15. The number of rotatable bonds is 10. The topological polar surface area (TPSA) is 105 Å². The highest BCUT2D eigenvalue weighted by Crippen LogP contribution is 2.22. The van der Waals surface area contributed by atoms with Gasteiger partial charge in [-0.2, -0.15) is 0 Å². The molecule has 31 heavy (non-hydrogen) atoms. The quantitative estimate of drug-likeness (QED) is 0.403. The van der Waals surface area contributed by atoms with E-state index >= 15 is 0 Å². The van der Waals surface area contributed by atoms with Crippen LogP contribution in [0.5, 0.6) is 0 Å². The predicted octanol–water partition coefficient (Wildman–Crippen LogP) is 5.13. The Morgan fingerprint density at radius 1 is 0.774 bits per heavy atom. The van der Waals surface area contributed by atoms with Gasteiger partial charge in [-0.3, -0.25) is 0 Å². The van der Waals surface area contributed by atoms with E-state index in [9.17, 15) is 9.59 Å². The van der Waals surface area contributed by atoms with Crippen LogP contribution < -0.4 is 11.5 Å². The first-order valence-electron chi connectivity index (χ1n) is 10.9. The maximum Gasteiger partial charge on any atom is 0.340 e. The van der Waals surface area contributed by atoms with Crippen molar-refractivity contribution in [1.29, 1.82) is 0 Å². The molecule has 0 aliphatic heterocycles. The average Bonchev–Trinajstić information content (AvgIpc) is 2.71. The third kappa shape index (κ3) is 7.02. The SMILES string of the molecule is CCCC(C)OC(=O)c1cc(Cc2ccc(N)c(C(=O)OC(C)CCC)c2)ccc1N. The van der Waals surface area contributed by atoms with Crippen LogP contribution in [-0.4, -0.2) is 24.1 Å². The van der Waals surface area contributed by atoms with E-state index in [4.69, 9.17) is 20.9 Å². The van der Waals surface area contributed by atoms with Gasteiger partial charge in [0.1, 0.15) is 0 Å². The third-order valence-corrected chi connectivity index (χ3v) is 5.09. The Morgan fingerprint density at radius 3 is 1.52 bits per heavy atom. The van der Waals surface area contributed by atoms with Crippen molar-refractivity contribution in [2.75, 3.05) is 11.5 Å². The molecule has 2 unspecified atom stereocenters. The van der Waals surface area contributed by atoms with Gasteiger partial charge in [0.2, 0.25) is 0 Å². The van der Waals surface area contributed by atoms with E-state index in [1.54, 1.807) is 24.3 Å². The van der Waals surface area contributed by atoms with Crippen LogP contribution in [0.15, 0.2) is 36.4 Å². The number of ether oxygens (including phenoxy) is 2. The summed E-state index contributed by atoms with van der Waals surface area (Å²) in [4.78, 5) is 25.0. The fourth-order valence-electron chi connectivity index (χ4n) is 3.44. The lowest BCUT2D eigenvalue weighted by atomic mass is 9.99. The van der Waals surface area contributed by atoms with Crippen LogP contribution in [-0.2, 0) is 15.9 Å². The van der Waals surface area contributed by atoms with Crippen LogP contribution >= 0.6 is 0 Å². The van der Waals surface area contributed by atoms with Gasteiger partial charge in [0, 0.05) is 11.4 Å². The highest BCUT2D eigenvalue weighted by molar-refractivity contribution is 5.96. The highest BCUT2D eigenvalue weighted by Gasteiger charge is 2.17. The Kier molecular flexibility index (Phi) is 8.91. The summed E-state index contributed by atoms with van der Waals surface area (Å²) >= 11 is 0.